The third-order valence-corrected chi connectivity index (χ3v) is 3.13. The lowest BCUT2D eigenvalue weighted by Crippen LogP contribution is -2.40. The van der Waals surface area contributed by atoms with Crippen LogP contribution in [0.1, 0.15) is 18.4 Å². The third kappa shape index (κ3) is 2.36. The summed E-state index contributed by atoms with van der Waals surface area (Å²) in [5, 5.41) is 11.1. The molecule has 6 nitrogen and oxygen atoms in total. The summed E-state index contributed by atoms with van der Waals surface area (Å²) < 4.78 is 0. The highest BCUT2D eigenvalue weighted by atomic mass is 16.6. The molecule has 1 aliphatic heterocycles. The maximum Gasteiger partial charge on any atom is 0.314 e. The van der Waals surface area contributed by atoms with Crippen molar-refractivity contribution in [1.29, 1.82) is 0 Å². The smallest absolute Gasteiger partial charge is 0.314 e. The molecule has 1 fully saturated rings. The van der Waals surface area contributed by atoms with Crippen LogP contribution in [0.25, 0.3) is 0 Å². The average Bonchev–Trinajstić information content (AvgIpc) is 2.29. The molecule has 0 aliphatic carbocycles. The molecule has 0 saturated carbocycles. The van der Waals surface area contributed by atoms with Gasteiger partial charge in [0.15, 0.2) is 0 Å². The van der Waals surface area contributed by atoms with Crippen LogP contribution in [0, 0.1) is 17.0 Å². The number of hydrogen-bond acceptors (Lipinski definition) is 5. The first kappa shape index (κ1) is 11.8. The molecule has 2 heterocycles. The van der Waals surface area contributed by atoms with Gasteiger partial charge in [0.25, 0.3) is 0 Å². The molecule has 0 amide bonds. The zero-order valence-corrected chi connectivity index (χ0v) is 9.80. The first-order valence-corrected chi connectivity index (χ1v) is 5.70. The number of hydrogen-bond donors (Lipinski definition) is 1. The summed E-state index contributed by atoms with van der Waals surface area (Å²) in [6, 6.07) is 1.87. The fourth-order valence-electron chi connectivity index (χ4n) is 2.10. The van der Waals surface area contributed by atoms with E-state index >= 15 is 0 Å². The van der Waals surface area contributed by atoms with E-state index in [0.717, 1.165) is 25.9 Å². The minimum absolute atomic E-state index is 0.114. The number of nitrogens with zero attached hydrogens (tertiary/aromatic N) is 3. The standard InChI is InChI=1S/C11H16N4O2/c1-8-2-5-13-11(10(8)15(16)17)14-6-3-9(12)4-7-14/h2,5,9H,3-4,6-7,12H2,1H3. The Balaban J connectivity index is 2.32. The number of piperidine rings is 1. The van der Waals surface area contributed by atoms with Gasteiger partial charge in [-0.25, -0.2) is 4.98 Å². The van der Waals surface area contributed by atoms with Gasteiger partial charge in [0, 0.05) is 30.9 Å². The highest BCUT2D eigenvalue weighted by molar-refractivity contribution is 5.61. The van der Waals surface area contributed by atoms with Crippen molar-refractivity contribution in [3.63, 3.8) is 0 Å². The van der Waals surface area contributed by atoms with Crippen LogP contribution in [-0.2, 0) is 0 Å². The quantitative estimate of drug-likeness (QED) is 0.616. The molecule has 1 aromatic heterocycles. The Hall–Kier alpha value is -1.69. The highest BCUT2D eigenvalue weighted by Crippen LogP contribution is 2.30. The maximum absolute atomic E-state index is 11.1. The lowest BCUT2D eigenvalue weighted by atomic mass is 10.1. The van der Waals surface area contributed by atoms with Gasteiger partial charge < -0.3 is 10.6 Å². The highest BCUT2D eigenvalue weighted by Gasteiger charge is 2.26. The van der Waals surface area contributed by atoms with Crippen molar-refractivity contribution < 1.29 is 4.92 Å². The predicted octanol–water partition coefficient (Wildman–Crippen LogP) is 1.23. The number of rotatable bonds is 2. The summed E-state index contributed by atoms with van der Waals surface area (Å²) in [6.07, 6.45) is 3.33. The van der Waals surface area contributed by atoms with Crippen molar-refractivity contribution in [2.45, 2.75) is 25.8 Å². The molecule has 92 valence electrons. The topological polar surface area (TPSA) is 85.3 Å². The lowest BCUT2D eigenvalue weighted by Gasteiger charge is -2.30. The number of nitrogens with two attached hydrogens (primary N) is 1. The van der Waals surface area contributed by atoms with E-state index in [4.69, 9.17) is 5.73 Å². The van der Waals surface area contributed by atoms with Crippen LogP contribution < -0.4 is 10.6 Å². The maximum atomic E-state index is 11.1. The number of pyridine rings is 1. The first-order chi connectivity index (χ1) is 8.09. The van der Waals surface area contributed by atoms with Crippen molar-refractivity contribution in [3.05, 3.63) is 27.9 Å². The van der Waals surface area contributed by atoms with Crippen molar-refractivity contribution in [1.82, 2.24) is 4.98 Å². The van der Waals surface area contributed by atoms with E-state index in [1.807, 2.05) is 4.90 Å². The van der Waals surface area contributed by atoms with E-state index in [1.54, 1.807) is 19.2 Å². The molecule has 1 aliphatic rings. The molecular weight excluding hydrogens is 220 g/mol. The van der Waals surface area contributed by atoms with E-state index in [9.17, 15) is 10.1 Å². The molecule has 0 bridgehead atoms. The van der Waals surface area contributed by atoms with Gasteiger partial charge in [-0.1, -0.05) is 0 Å². The van der Waals surface area contributed by atoms with Crippen LogP contribution in [0.15, 0.2) is 12.3 Å². The average molecular weight is 236 g/mol. The Morgan fingerprint density at radius 3 is 2.76 bits per heavy atom. The Morgan fingerprint density at radius 1 is 1.53 bits per heavy atom. The van der Waals surface area contributed by atoms with Crippen LogP contribution >= 0.6 is 0 Å². The van der Waals surface area contributed by atoms with Crippen LogP contribution in [-0.4, -0.2) is 29.0 Å². The van der Waals surface area contributed by atoms with Gasteiger partial charge in [-0.2, -0.15) is 0 Å². The van der Waals surface area contributed by atoms with Crippen LogP contribution in [0.3, 0.4) is 0 Å². The van der Waals surface area contributed by atoms with Crippen LogP contribution in [0.2, 0.25) is 0 Å². The van der Waals surface area contributed by atoms with Gasteiger partial charge in [-0.05, 0) is 25.8 Å². The third-order valence-electron chi connectivity index (χ3n) is 3.13. The first-order valence-electron chi connectivity index (χ1n) is 5.70. The molecular formula is C11H16N4O2. The molecule has 1 aromatic rings. The van der Waals surface area contributed by atoms with Gasteiger partial charge in [-0.3, -0.25) is 10.1 Å². The molecule has 0 aromatic carbocycles. The molecule has 1 saturated heterocycles. The fourth-order valence-corrected chi connectivity index (χ4v) is 2.10. The zero-order valence-electron chi connectivity index (χ0n) is 9.80. The molecule has 2 rings (SSSR count). The van der Waals surface area contributed by atoms with Crippen LogP contribution in [0.4, 0.5) is 11.5 Å². The molecule has 0 spiro atoms. The molecule has 6 heteroatoms. The van der Waals surface area contributed by atoms with Gasteiger partial charge in [0.05, 0.1) is 4.92 Å². The van der Waals surface area contributed by atoms with Crippen molar-refractivity contribution >= 4 is 11.5 Å². The van der Waals surface area contributed by atoms with E-state index in [2.05, 4.69) is 4.98 Å². The summed E-state index contributed by atoms with van der Waals surface area (Å²) >= 11 is 0. The Labute approximate surface area is 99.6 Å². The summed E-state index contributed by atoms with van der Waals surface area (Å²) in [7, 11) is 0. The van der Waals surface area contributed by atoms with Crippen LogP contribution in [0.5, 0.6) is 0 Å². The van der Waals surface area contributed by atoms with E-state index in [1.165, 1.54) is 0 Å². The number of aryl methyl sites for hydroxylation is 1. The summed E-state index contributed by atoms with van der Waals surface area (Å²) in [6.45, 7) is 3.20. The molecule has 0 radical (unpaired) electrons. The second kappa shape index (κ2) is 4.67. The van der Waals surface area contributed by atoms with Gasteiger partial charge in [0.1, 0.15) is 0 Å². The molecule has 2 N–H and O–H groups in total. The van der Waals surface area contributed by atoms with Crippen molar-refractivity contribution in [2.24, 2.45) is 5.73 Å². The minimum atomic E-state index is -0.355. The second-order valence-corrected chi connectivity index (χ2v) is 4.38. The largest absolute Gasteiger partial charge is 0.351 e. The summed E-state index contributed by atoms with van der Waals surface area (Å²) in [4.78, 5) is 16.8. The fraction of sp³-hybridized carbons (Fsp3) is 0.545. The Bertz CT molecular complexity index is 427. The van der Waals surface area contributed by atoms with Gasteiger partial charge in [0.2, 0.25) is 5.82 Å². The van der Waals surface area contributed by atoms with E-state index < -0.39 is 0 Å². The second-order valence-electron chi connectivity index (χ2n) is 4.38. The molecule has 17 heavy (non-hydrogen) atoms. The minimum Gasteiger partial charge on any atom is -0.351 e. The Morgan fingerprint density at radius 2 is 2.18 bits per heavy atom. The molecule has 0 unspecified atom stereocenters. The lowest BCUT2D eigenvalue weighted by molar-refractivity contribution is -0.384. The molecule has 0 atom stereocenters. The number of nitro groups is 1. The normalized spacial score (nSPS) is 17.2. The zero-order chi connectivity index (χ0) is 12.4. The van der Waals surface area contributed by atoms with Crippen molar-refractivity contribution in [3.8, 4) is 0 Å². The van der Waals surface area contributed by atoms with Gasteiger partial charge >= 0.3 is 5.69 Å². The Kier molecular flexibility index (Phi) is 3.23. The van der Waals surface area contributed by atoms with Gasteiger partial charge in [-0.15, -0.1) is 0 Å². The van der Waals surface area contributed by atoms with E-state index in [-0.39, 0.29) is 16.7 Å². The van der Waals surface area contributed by atoms with Crippen molar-refractivity contribution in [2.75, 3.05) is 18.0 Å². The summed E-state index contributed by atoms with van der Waals surface area (Å²) in [5.41, 5.74) is 6.58. The predicted molar refractivity (Wildman–Crippen MR) is 65.1 cm³/mol. The summed E-state index contributed by atoms with van der Waals surface area (Å²) in [5.74, 6) is 0.474. The number of aromatic nitrogens is 1. The monoisotopic (exact) mass is 236 g/mol. The van der Waals surface area contributed by atoms with E-state index in [0.29, 0.717) is 11.4 Å². The number of anilines is 1. The SMILES string of the molecule is Cc1ccnc(N2CCC(N)CC2)c1[N+](=O)[O-].